The van der Waals surface area contributed by atoms with Gasteiger partial charge in [0.05, 0.1) is 11.6 Å². The first-order chi connectivity index (χ1) is 6.67. The van der Waals surface area contributed by atoms with Gasteiger partial charge in [0.1, 0.15) is 5.88 Å². The third kappa shape index (κ3) is 2.48. The Bertz CT molecular complexity index is 396. The van der Waals surface area contributed by atoms with Crippen LogP contribution in [0.2, 0.25) is 0 Å². The number of hydrogen-bond acceptors (Lipinski definition) is 2. The second-order valence-electron chi connectivity index (χ2n) is 2.82. The number of nitrogens with zero attached hydrogens (tertiary/aromatic N) is 1. The number of hydrogen-bond donors (Lipinski definition) is 1. The van der Waals surface area contributed by atoms with Crippen LogP contribution < -0.4 is 5.32 Å². The summed E-state index contributed by atoms with van der Waals surface area (Å²) < 4.78 is 0. The molecule has 0 unspecified atom stereocenters. The summed E-state index contributed by atoms with van der Waals surface area (Å²) in [5, 5.41) is 11.3. The lowest BCUT2D eigenvalue weighted by Gasteiger charge is -2.04. The highest BCUT2D eigenvalue weighted by Crippen LogP contribution is 2.14. The molecule has 72 valence electrons. The van der Waals surface area contributed by atoms with E-state index in [1.54, 1.807) is 18.2 Å². The van der Waals surface area contributed by atoms with Gasteiger partial charge in [0.25, 0.3) is 0 Å². The maximum Gasteiger partial charge on any atom is 0.239 e. The fourth-order valence-corrected chi connectivity index (χ4v) is 1.08. The van der Waals surface area contributed by atoms with E-state index in [0.29, 0.717) is 11.3 Å². The molecule has 0 radical (unpaired) electrons. The Morgan fingerprint density at radius 1 is 1.64 bits per heavy atom. The first kappa shape index (κ1) is 10.6. The number of halogens is 1. The fourth-order valence-electron chi connectivity index (χ4n) is 1.01. The topological polar surface area (TPSA) is 52.9 Å². The van der Waals surface area contributed by atoms with E-state index in [9.17, 15) is 4.79 Å². The summed E-state index contributed by atoms with van der Waals surface area (Å²) in [4.78, 5) is 10.9. The molecule has 1 aromatic carbocycles. The normalized spacial score (nSPS) is 9.21. The van der Waals surface area contributed by atoms with Crippen LogP contribution in [0.15, 0.2) is 18.2 Å². The van der Waals surface area contributed by atoms with Crippen LogP contribution in [-0.2, 0) is 4.79 Å². The predicted molar refractivity (Wildman–Crippen MR) is 55.2 cm³/mol. The zero-order valence-corrected chi connectivity index (χ0v) is 8.43. The average Bonchev–Trinajstić information content (AvgIpc) is 2.20. The molecule has 0 saturated heterocycles. The predicted octanol–water partition coefficient (Wildman–Crippen LogP) is 2.04. The van der Waals surface area contributed by atoms with E-state index < -0.39 is 0 Å². The number of anilines is 1. The van der Waals surface area contributed by atoms with Gasteiger partial charge < -0.3 is 5.32 Å². The molecule has 14 heavy (non-hydrogen) atoms. The van der Waals surface area contributed by atoms with Crippen LogP contribution in [0.5, 0.6) is 0 Å². The highest BCUT2D eigenvalue weighted by atomic mass is 35.5. The lowest BCUT2D eigenvalue weighted by atomic mass is 10.1. The summed E-state index contributed by atoms with van der Waals surface area (Å²) in [7, 11) is 0. The van der Waals surface area contributed by atoms with E-state index in [1.807, 2.05) is 13.0 Å². The Labute approximate surface area is 87.3 Å². The van der Waals surface area contributed by atoms with Crippen molar-refractivity contribution in [2.24, 2.45) is 0 Å². The molecule has 0 aliphatic carbocycles. The molecule has 0 aliphatic rings. The standard InChI is InChI=1S/C10H9ClN2O/c1-7-2-3-9(4-8(7)6-12)13-10(14)5-11/h2-4H,5H2,1H3,(H,13,14). The molecule has 0 spiro atoms. The Kier molecular flexibility index (Phi) is 3.49. The average molecular weight is 209 g/mol. The molecule has 0 heterocycles. The van der Waals surface area contributed by atoms with Crippen LogP contribution in [-0.4, -0.2) is 11.8 Å². The zero-order valence-electron chi connectivity index (χ0n) is 7.67. The zero-order chi connectivity index (χ0) is 10.6. The van der Waals surface area contributed by atoms with Crippen molar-refractivity contribution in [1.29, 1.82) is 5.26 Å². The van der Waals surface area contributed by atoms with E-state index in [-0.39, 0.29) is 11.8 Å². The second-order valence-corrected chi connectivity index (χ2v) is 3.09. The third-order valence-corrected chi connectivity index (χ3v) is 2.01. The quantitative estimate of drug-likeness (QED) is 0.757. The summed E-state index contributed by atoms with van der Waals surface area (Å²) >= 11 is 5.33. The molecule has 3 nitrogen and oxygen atoms in total. The first-order valence-corrected chi connectivity index (χ1v) is 4.57. The van der Waals surface area contributed by atoms with Gasteiger partial charge >= 0.3 is 0 Å². The van der Waals surface area contributed by atoms with Crippen molar-refractivity contribution in [3.63, 3.8) is 0 Å². The lowest BCUT2D eigenvalue weighted by Crippen LogP contribution is -2.12. The molecule has 0 atom stereocenters. The van der Waals surface area contributed by atoms with Gasteiger partial charge in [-0.3, -0.25) is 4.79 Å². The number of benzene rings is 1. The van der Waals surface area contributed by atoms with Crippen molar-refractivity contribution < 1.29 is 4.79 Å². The Hall–Kier alpha value is -1.53. The van der Waals surface area contributed by atoms with Crippen molar-refractivity contribution >= 4 is 23.2 Å². The van der Waals surface area contributed by atoms with Crippen molar-refractivity contribution in [2.45, 2.75) is 6.92 Å². The van der Waals surface area contributed by atoms with Gasteiger partial charge in [0.2, 0.25) is 5.91 Å². The molecule has 1 rings (SSSR count). The van der Waals surface area contributed by atoms with Crippen molar-refractivity contribution in [1.82, 2.24) is 0 Å². The largest absolute Gasteiger partial charge is 0.325 e. The minimum absolute atomic E-state index is 0.0875. The van der Waals surface area contributed by atoms with Crippen LogP contribution >= 0.6 is 11.6 Å². The molecule has 0 fully saturated rings. The number of nitriles is 1. The van der Waals surface area contributed by atoms with Crippen LogP contribution in [0.25, 0.3) is 0 Å². The molecular formula is C10H9ClN2O. The number of nitrogens with one attached hydrogen (secondary N) is 1. The summed E-state index contributed by atoms with van der Waals surface area (Å²) in [5.41, 5.74) is 2.03. The Morgan fingerprint density at radius 3 is 2.93 bits per heavy atom. The van der Waals surface area contributed by atoms with E-state index in [1.165, 1.54) is 0 Å². The maximum atomic E-state index is 10.9. The minimum atomic E-state index is -0.278. The third-order valence-electron chi connectivity index (χ3n) is 1.76. The molecule has 4 heteroatoms. The van der Waals surface area contributed by atoms with E-state index in [2.05, 4.69) is 5.32 Å². The van der Waals surface area contributed by atoms with E-state index in [4.69, 9.17) is 16.9 Å². The number of carbonyl (C=O) groups is 1. The van der Waals surface area contributed by atoms with Crippen LogP contribution in [0, 0.1) is 18.3 Å². The van der Waals surface area contributed by atoms with Crippen molar-refractivity contribution in [2.75, 3.05) is 11.2 Å². The van der Waals surface area contributed by atoms with Gasteiger partial charge in [0.15, 0.2) is 0 Å². The first-order valence-electron chi connectivity index (χ1n) is 4.04. The Morgan fingerprint density at radius 2 is 2.36 bits per heavy atom. The number of carbonyl (C=O) groups excluding carboxylic acids is 1. The highest BCUT2D eigenvalue weighted by Gasteiger charge is 2.02. The van der Waals surface area contributed by atoms with Crippen LogP contribution in [0.3, 0.4) is 0 Å². The summed E-state index contributed by atoms with van der Waals surface area (Å²) in [6.07, 6.45) is 0. The van der Waals surface area contributed by atoms with Crippen LogP contribution in [0.4, 0.5) is 5.69 Å². The molecule has 1 amide bonds. The highest BCUT2D eigenvalue weighted by molar-refractivity contribution is 6.29. The van der Waals surface area contributed by atoms with E-state index in [0.717, 1.165) is 5.56 Å². The van der Waals surface area contributed by atoms with Crippen molar-refractivity contribution in [3.8, 4) is 6.07 Å². The summed E-state index contributed by atoms with van der Waals surface area (Å²) in [5.74, 6) is -0.366. The van der Waals surface area contributed by atoms with E-state index >= 15 is 0 Å². The molecule has 1 N–H and O–H groups in total. The molecule has 0 aromatic heterocycles. The minimum Gasteiger partial charge on any atom is -0.325 e. The number of alkyl halides is 1. The van der Waals surface area contributed by atoms with Gasteiger partial charge in [0, 0.05) is 5.69 Å². The SMILES string of the molecule is Cc1ccc(NC(=O)CCl)cc1C#N. The smallest absolute Gasteiger partial charge is 0.239 e. The van der Waals surface area contributed by atoms with Gasteiger partial charge in [-0.15, -0.1) is 11.6 Å². The molecular weight excluding hydrogens is 200 g/mol. The monoisotopic (exact) mass is 208 g/mol. The Balaban J connectivity index is 2.91. The molecule has 0 bridgehead atoms. The van der Waals surface area contributed by atoms with Crippen molar-refractivity contribution in [3.05, 3.63) is 29.3 Å². The van der Waals surface area contributed by atoms with Gasteiger partial charge in [-0.1, -0.05) is 6.07 Å². The molecule has 0 aliphatic heterocycles. The van der Waals surface area contributed by atoms with Gasteiger partial charge in [-0.2, -0.15) is 5.26 Å². The second kappa shape index (κ2) is 4.64. The number of amides is 1. The van der Waals surface area contributed by atoms with Crippen LogP contribution in [0.1, 0.15) is 11.1 Å². The van der Waals surface area contributed by atoms with Gasteiger partial charge in [-0.25, -0.2) is 0 Å². The molecule has 1 aromatic rings. The molecule has 0 saturated carbocycles. The summed E-state index contributed by atoms with van der Waals surface area (Å²) in [6, 6.07) is 7.18. The lowest BCUT2D eigenvalue weighted by molar-refractivity contribution is -0.113. The van der Waals surface area contributed by atoms with Gasteiger partial charge in [-0.05, 0) is 24.6 Å². The number of rotatable bonds is 2. The maximum absolute atomic E-state index is 10.9. The summed E-state index contributed by atoms with van der Waals surface area (Å²) in [6.45, 7) is 1.84. The number of aryl methyl sites for hydroxylation is 1. The fraction of sp³-hybridized carbons (Fsp3) is 0.200.